The molecule has 0 aliphatic rings. The van der Waals surface area contributed by atoms with E-state index in [4.69, 9.17) is 10.8 Å². The van der Waals surface area contributed by atoms with Crippen LogP contribution in [-0.4, -0.2) is 43.7 Å². The van der Waals surface area contributed by atoms with Crippen molar-refractivity contribution in [1.82, 2.24) is 4.31 Å². The molecule has 0 aliphatic carbocycles. The molecule has 0 atom stereocenters. The predicted octanol–water partition coefficient (Wildman–Crippen LogP) is 0.691. The second-order valence-corrected chi connectivity index (χ2v) is 5.97. The molecule has 0 radical (unpaired) electrons. The quantitative estimate of drug-likeness (QED) is 0.809. The highest BCUT2D eigenvalue weighted by atomic mass is 32.2. The number of aliphatic hydroxyl groups excluding tert-OH is 1. The van der Waals surface area contributed by atoms with Crippen molar-refractivity contribution in [3.05, 3.63) is 29.8 Å². The molecule has 1 aromatic rings. The first-order chi connectivity index (χ1) is 9.20. The molecule has 20 heavy (non-hydrogen) atoms. The molecule has 0 amide bonds. The van der Waals surface area contributed by atoms with E-state index in [1.807, 2.05) is 0 Å². The maximum atomic E-state index is 12.4. The van der Waals surface area contributed by atoms with Gasteiger partial charge in [-0.05, 0) is 17.7 Å². The van der Waals surface area contributed by atoms with Crippen LogP contribution in [0.1, 0.15) is 5.56 Å². The second-order valence-electron chi connectivity index (χ2n) is 4.03. The van der Waals surface area contributed by atoms with Crippen molar-refractivity contribution in [2.24, 2.45) is 5.73 Å². The van der Waals surface area contributed by atoms with Gasteiger partial charge in [-0.15, -0.1) is 0 Å². The summed E-state index contributed by atoms with van der Waals surface area (Å²) < 4.78 is 61.7. The van der Waals surface area contributed by atoms with E-state index in [1.165, 1.54) is 18.2 Å². The fourth-order valence-corrected chi connectivity index (χ4v) is 3.07. The topological polar surface area (TPSA) is 83.6 Å². The molecule has 0 fully saturated rings. The molecule has 0 saturated heterocycles. The Hall–Kier alpha value is -1.16. The van der Waals surface area contributed by atoms with Crippen molar-refractivity contribution in [3.63, 3.8) is 0 Å². The maximum absolute atomic E-state index is 12.4. The Kier molecular flexibility index (Phi) is 5.51. The Morgan fingerprint density at radius 3 is 2.45 bits per heavy atom. The summed E-state index contributed by atoms with van der Waals surface area (Å²) in [6.45, 7) is -2.91. The molecular formula is C11H15F3N2O3S. The van der Waals surface area contributed by atoms with Crippen LogP contribution in [0.4, 0.5) is 13.2 Å². The van der Waals surface area contributed by atoms with Gasteiger partial charge in [0, 0.05) is 13.1 Å². The maximum Gasteiger partial charge on any atom is 0.402 e. The number of sulfonamides is 1. The minimum atomic E-state index is -4.69. The van der Waals surface area contributed by atoms with Gasteiger partial charge in [-0.25, -0.2) is 8.42 Å². The molecule has 0 bridgehead atoms. The summed E-state index contributed by atoms with van der Waals surface area (Å²) in [5, 5.41) is 8.75. The number of nitrogens with zero attached hydrogens (tertiary/aromatic N) is 1. The van der Waals surface area contributed by atoms with E-state index in [-0.39, 0.29) is 15.7 Å². The first-order valence-corrected chi connectivity index (χ1v) is 7.11. The van der Waals surface area contributed by atoms with Gasteiger partial charge in [-0.3, -0.25) is 0 Å². The van der Waals surface area contributed by atoms with E-state index < -0.39 is 35.9 Å². The minimum Gasteiger partial charge on any atom is -0.395 e. The fourth-order valence-electron chi connectivity index (χ4n) is 1.58. The molecule has 0 spiro atoms. The van der Waals surface area contributed by atoms with Crippen LogP contribution in [-0.2, 0) is 16.6 Å². The van der Waals surface area contributed by atoms with Crippen LogP contribution in [0.2, 0.25) is 0 Å². The van der Waals surface area contributed by atoms with Crippen LogP contribution in [0.3, 0.4) is 0 Å². The zero-order valence-electron chi connectivity index (χ0n) is 10.5. The largest absolute Gasteiger partial charge is 0.402 e. The van der Waals surface area contributed by atoms with Crippen LogP contribution in [0.25, 0.3) is 0 Å². The molecule has 3 N–H and O–H groups in total. The number of alkyl halides is 3. The van der Waals surface area contributed by atoms with Crippen LogP contribution in [0, 0.1) is 0 Å². The lowest BCUT2D eigenvalue weighted by molar-refractivity contribution is -0.136. The van der Waals surface area contributed by atoms with Crippen LogP contribution in [0.5, 0.6) is 0 Å². The van der Waals surface area contributed by atoms with Gasteiger partial charge in [0.05, 0.1) is 11.5 Å². The van der Waals surface area contributed by atoms with Gasteiger partial charge in [-0.2, -0.15) is 17.5 Å². The monoisotopic (exact) mass is 312 g/mol. The van der Waals surface area contributed by atoms with Crippen molar-refractivity contribution in [2.45, 2.75) is 17.6 Å². The lowest BCUT2D eigenvalue weighted by Gasteiger charge is -2.22. The average molecular weight is 312 g/mol. The van der Waals surface area contributed by atoms with Crippen molar-refractivity contribution in [2.75, 3.05) is 19.7 Å². The van der Waals surface area contributed by atoms with Crippen molar-refractivity contribution < 1.29 is 26.7 Å². The summed E-state index contributed by atoms with van der Waals surface area (Å²) in [7, 11) is -4.33. The highest BCUT2D eigenvalue weighted by molar-refractivity contribution is 7.89. The van der Waals surface area contributed by atoms with Gasteiger partial charge in [-0.1, -0.05) is 12.1 Å². The Labute approximate surface area is 114 Å². The SMILES string of the molecule is NCc1cccc(S(=O)(=O)N(CCO)CC(F)(F)F)c1. The summed E-state index contributed by atoms with van der Waals surface area (Å²) >= 11 is 0. The summed E-state index contributed by atoms with van der Waals surface area (Å²) in [5.74, 6) is 0. The van der Waals surface area contributed by atoms with Gasteiger partial charge >= 0.3 is 6.18 Å². The van der Waals surface area contributed by atoms with Crippen LogP contribution >= 0.6 is 0 Å². The number of aliphatic hydroxyl groups is 1. The zero-order valence-corrected chi connectivity index (χ0v) is 11.3. The number of rotatable bonds is 6. The van der Waals surface area contributed by atoms with Crippen molar-refractivity contribution >= 4 is 10.0 Å². The number of benzene rings is 1. The third-order valence-electron chi connectivity index (χ3n) is 2.48. The molecule has 0 saturated carbocycles. The summed E-state index contributed by atoms with van der Waals surface area (Å²) in [6.07, 6.45) is -4.69. The molecule has 5 nitrogen and oxygen atoms in total. The molecule has 0 aromatic heterocycles. The highest BCUT2D eigenvalue weighted by Crippen LogP contribution is 2.23. The van der Waals surface area contributed by atoms with Gasteiger partial charge in [0.25, 0.3) is 0 Å². The molecule has 9 heteroatoms. The first-order valence-electron chi connectivity index (χ1n) is 5.67. The first kappa shape index (κ1) is 16.9. The number of hydrogen-bond donors (Lipinski definition) is 2. The molecule has 1 aromatic carbocycles. The number of nitrogens with two attached hydrogens (primary N) is 1. The van der Waals surface area contributed by atoms with Crippen molar-refractivity contribution in [3.8, 4) is 0 Å². The van der Waals surface area contributed by atoms with Crippen LogP contribution in [0.15, 0.2) is 29.2 Å². The summed E-state index contributed by atoms with van der Waals surface area (Å²) in [5.41, 5.74) is 5.86. The Bertz CT molecular complexity index is 546. The van der Waals surface area contributed by atoms with Crippen LogP contribution < -0.4 is 5.73 Å². The highest BCUT2D eigenvalue weighted by Gasteiger charge is 2.36. The van der Waals surface area contributed by atoms with Gasteiger partial charge in [0.15, 0.2) is 0 Å². The van der Waals surface area contributed by atoms with E-state index in [0.29, 0.717) is 5.56 Å². The summed E-state index contributed by atoms with van der Waals surface area (Å²) in [6, 6.07) is 5.38. The third-order valence-corrected chi connectivity index (χ3v) is 4.32. The van der Waals surface area contributed by atoms with Gasteiger partial charge in [0.2, 0.25) is 10.0 Å². The smallest absolute Gasteiger partial charge is 0.395 e. The molecule has 1 rings (SSSR count). The van der Waals surface area contributed by atoms with E-state index in [0.717, 1.165) is 0 Å². The van der Waals surface area contributed by atoms with E-state index >= 15 is 0 Å². The van der Waals surface area contributed by atoms with Gasteiger partial charge < -0.3 is 10.8 Å². The average Bonchev–Trinajstić information content (AvgIpc) is 2.37. The summed E-state index contributed by atoms with van der Waals surface area (Å²) in [4.78, 5) is -0.279. The van der Waals surface area contributed by atoms with E-state index in [2.05, 4.69) is 0 Å². The molecular weight excluding hydrogens is 297 g/mol. The lowest BCUT2D eigenvalue weighted by Crippen LogP contribution is -2.40. The van der Waals surface area contributed by atoms with Gasteiger partial charge in [0.1, 0.15) is 6.54 Å². The molecule has 114 valence electrons. The third kappa shape index (κ3) is 4.44. The lowest BCUT2D eigenvalue weighted by atomic mass is 10.2. The number of hydrogen-bond acceptors (Lipinski definition) is 4. The molecule has 0 aliphatic heterocycles. The normalized spacial score (nSPS) is 12.9. The fraction of sp³-hybridized carbons (Fsp3) is 0.455. The Morgan fingerprint density at radius 1 is 1.30 bits per heavy atom. The second kappa shape index (κ2) is 6.53. The Balaban J connectivity index is 3.15. The standard InChI is InChI=1S/C11H15F3N2O3S/c12-11(13,14)8-16(4-5-17)20(18,19)10-3-1-2-9(6-10)7-15/h1-3,6,17H,4-5,7-8,15H2. The van der Waals surface area contributed by atoms with Crippen molar-refractivity contribution in [1.29, 1.82) is 0 Å². The number of halogens is 3. The van der Waals surface area contributed by atoms with E-state index in [9.17, 15) is 21.6 Å². The predicted molar refractivity (Wildman–Crippen MR) is 66.2 cm³/mol. The van der Waals surface area contributed by atoms with E-state index in [1.54, 1.807) is 6.07 Å². The molecule has 0 unspecified atom stereocenters. The Morgan fingerprint density at radius 2 is 1.95 bits per heavy atom. The molecule has 0 heterocycles. The minimum absolute atomic E-state index is 0.0721. The zero-order chi connectivity index (χ0) is 15.4.